The Morgan fingerprint density at radius 2 is 1.85 bits per heavy atom. The molecule has 2 heterocycles. The molecule has 0 bridgehead atoms. The van der Waals surface area contributed by atoms with E-state index in [-0.39, 0.29) is 18.3 Å². The van der Waals surface area contributed by atoms with Gasteiger partial charge >= 0.3 is 0 Å². The minimum Gasteiger partial charge on any atom is -0.372 e. The Labute approximate surface area is 158 Å². The van der Waals surface area contributed by atoms with E-state index >= 15 is 0 Å². The number of hydrogen-bond donors (Lipinski definition) is 0. The van der Waals surface area contributed by atoms with Crippen molar-refractivity contribution < 1.29 is 9.53 Å². The predicted molar refractivity (Wildman–Crippen MR) is 107 cm³/mol. The number of hydrogen-bond acceptors (Lipinski definition) is 5. The molecule has 0 radical (unpaired) electrons. The molecule has 2 rings (SSSR count). The molecule has 0 aromatic carbocycles. The van der Waals surface area contributed by atoms with Gasteiger partial charge < -0.3 is 9.64 Å². The first kappa shape index (κ1) is 20.6. The topological polar surface area (TPSA) is 45.7 Å². The molecule has 0 N–H and O–H groups in total. The Morgan fingerprint density at radius 3 is 2.38 bits per heavy atom. The van der Waals surface area contributed by atoms with Gasteiger partial charge in [0, 0.05) is 44.8 Å². The maximum atomic E-state index is 11.5. The summed E-state index contributed by atoms with van der Waals surface area (Å²) in [6.07, 6.45) is 1.93. The number of carbonyl (C=O) groups is 1. The van der Waals surface area contributed by atoms with Crippen molar-refractivity contribution >= 4 is 17.2 Å². The zero-order valence-corrected chi connectivity index (χ0v) is 16.7. The number of ketones is 1. The Bertz CT molecular complexity index is 588. The Morgan fingerprint density at radius 1 is 1.15 bits per heavy atom. The van der Waals surface area contributed by atoms with Crippen molar-refractivity contribution in [1.82, 2.24) is 9.88 Å². The monoisotopic (exact) mass is 359 g/mol. The van der Waals surface area contributed by atoms with Crippen molar-refractivity contribution in [3.63, 3.8) is 0 Å². The van der Waals surface area contributed by atoms with Gasteiger partial charge in [-0.1, -0.05) is 34.3 Å². The number of carbonyl (C=O) groups excluding carboxylic acids is 1. The molecular formula is C21H33N3O2. The van der Waals surface area contributed by atoms with E-state index in [9.17, 15) is 4.79 Å². The molecular weight excluding hydrogens is 326 g/mol. The maximum absolute atomic E-state index is 11.5. The maximum Gasteiger partial charge on any atom is 0.160 e. The molecule has 1 aliphatic rings. The number of allylic oxidation sites excluding steroid dienone is 1. The number of pyridine rings is 1. The van der Waals surface area contributed by atoms with Crippen molar-refractivity contribution in [3.8, 4) is 0 Å². The highest BCUT2D eigenvalue weighted by Crippen LogP contribution is 2.22. The van der Waals surface area contributed by atoms with E-state index in [0.29, 0.717) is 12.5 Å². The average Bonchev–Trinajstić information content (AvgIpc) is 2.65. The van der Waals surface area contributed by atoms with Crippen LogP contribution in [-0.4, -0.2) is 61.6 Å². The van der Waals surface area contributed by atoms with Gasteiger partial charge in [-0.05, 0) is 29.2 Å². The molecule has 0 unspecified atom stereocenters. The van der Waals surface area contributed by atoms with E-state index < -0.39 is 0 Å². The first-order valence-electron chi connectivity index (χ1n) is 9.61. The SMILES string of the molecule is C=C(c1ccc(N2CCN(CCOCC(=O)C(C)C)CC2)nc1)C(C)C. The van der Waals surface area contributed by atoms with Crippen LogP contribution in [0.5, 0.6) is 0 Å². The number of aromatic nitrogens is 1. The van der Waals surface area contributed by atoms with Gasteiger partial charge in [0.2, 0.25) is 0 Å². The molecule has 1 aromatic heterocycles. The molecule has 0 atom stereocenters. The fourth-order valence-corrected chi connectivity index (χ4v) is 2.83. The van der Waals surface area contributed by atoms with Crippen molar-refractivity contribution in [3.05, 3.63) is 30.5 Å². The summed E-state index contributed by atoms with van der Waals surface area (Å²) in [5, 5.41) is 0. The molecule has 0 aliphatic carbocycles. The van der Waals surface area contributed by atoms with Gasteiger partial charge in [0.1, 0.15) is 12.4 Å². The lowest BCUT2D eigenvalue weighted by Crippen LogP contribution is -2.47. The average molecular weight is 360 g/mol. The van der Waals surface area contributed by atoms with Crippen LogP contribution in [0.1, 0.15) is 33.3 Å². The first-order valence-corrected chi connectivity index (χ1v) is 9.61. The second-order valence-corrected chi connectivity index (χ2v) is 7.59. The second-order valence-electron chi connectivity index (χ2n) is 7.59. The molecule has 0 spiro atoms. The molecule has 1 aliphatic heterocycles. The van der Waals surface area contributed by atoms with Crippen LogP contribution in [0.2, 0.25) is 0 Å². The summed E-state index contributed by atoms with van der Waals surface area (Å²) in [5.74, 6) is 1.69. The summed E-state index contributed by atoms with van der Waals surface area (Å²) >= 11 is 0. The Hall–Kier alpha value is -1.72. The number of nitrogens with zero attached hydrogens (tertiary/aromatic N) is 3. The molecule has 144 valence electrons. The molecule has 0 amide bonds. The zero-order chi connectivity index (χ0) is 19.1. The third kappa shape index (κ3) is 5.92. The normalized spacial score (nSPS) is 15.7. The number of piperazine rings is 1. The number of anilines is 1. The summed E-state index contributed by atoms with van der Waals surface area (Å²) in [7, 11) is 0. The standard InChI is InChI=1S/C21H33N3O2/c1-16(2)18(5)19-6-7-21(22-14-19)24-10-8-23(9-11-24)12-13-26-15-20(25)17(3)4/h6-7,14,16-17H,5,8-13,15H2,1-4H3. The van der Waals surface area contributed by atoms with Crippen LogP contribution in [0.25, 0.3) is 5.57 Å². The van der Waals surface area contributed by atoms with Crippen LogP contribution in [0, 0.1) is 11.8 Å². The van der Waals surface area contributed by atoms with Gasteiger partial charge in [-0.3, -0.25) is 9.69 Å². The van der Waals surface area contributed by atoms with Gasteiger partial charge in [0.15, 0.2) is 5.78 Å². The van der Waals surface area contributed by atoms with Gasteiger partial charge in [0.05, 0.1) is 6.61 Å². The fourth-order valence-electron chi connectivity index (χ4n) is 2.83. The molecule has 5 nitrogen and oxygen atoms in total. The lowest BCUT2D eigenvalue weighted by Gasteiger charge is -2.35. The first-order chi connectivity index (χ1) is 12.4. The van der Waals surface area contributed by atoms with Crippen LogP contribution in [0.15, 0.2) is 24.9 Å². The lowest BCUT2D eigenvalue weighted by atomic mass is 9.99. The summed E-state index contributed by atoms with van der Waals surface area (Å²) in [6.45, 7) is 17.9. The summed E-state index contributed by atoms with van der Waals surface area (Å²) in [6, 6.07) is 4.22. The highest BCUT2D eigenvalue weighted by Gasteiger charge is 2.18. The van der Waals surface area contributed by atoms with Gasteiger partial charge in [0.25, 0.3) is 0 Å². The quantitative estimate of drug-likeness (QED) is 0.634. The third-order valence-electron chi connectivity index (χ3n) is 4.95. The molecule has 1 aromatic rings. The van der Waals surface area contributed by atoms with Crippen LogP contribution in [0.4, 0.5) is 5.82 Å². The smallest absolute Gasteiger partial charge is 0.160 e. The van der Waals surface area contributed by atoms with E-state index in [1.54, 1.807) is 0 Å². The van der Waals surface area contributed by atoms with Crippen LogP contribution in [0.3, 0.4) is 0 Å². The number of ether oxygens (including phenoxy) is 1. The summed E-state index contributed by atoms with van der Waals surface area (Å²) < 4.78 is 5.50. The molecule has 26 heavy (non-hydrogen) atoms. The van der Waals surface area contributed by atoms with E-state index in [0.717, 1.165) is 49.7 Å². The van der Waals surface area contributed by atoms with E-state index in [1.165, 1.54) is 0 Å². The summed E-state index contributed by atoms with van der Waals surface area (Å²) in [5.41, 5.74) is 2.25. The Balaban J connectivity index is 1.73. The van der Waals surface area contributed by atoms with Crippen molar-refractivity contribution in [1.29, 1.82) is 0 Å². The van der Waals surface area contributed by atoms with Gasteiger partial charge in [-0.2, -0.15) is 0 Å². The Kier molecular flexibility index (Phi) is 7.79. The highest BCUT2D eigenvalue weighted by molar-refractivity contribution is 5.81. The van der Waals surface area contributed by atoms with Crippen molar-refractivity contribution in [2.75, 3.05) is 50.8 Å². The highest BCUT2D eigenvalue weighted by atomic mass is 16.5. The zero-order valence-electron chi connectivity index (χ0n) is 16.7. The lowest BCUT2D eigenvalue weighted by molar-refractivity contribution is -0.126. The van der Waals surface area contributed by atoms with Crippen LogP contribution in [-0.2, 0) is 9.53 Å². The van der Waals surface area contributed by atoms with Gasteiger partial charge in [-0.15, -0.1) is 0 Å². The fraction of sp³-hybridized carbons (Fsp3) is 0.619. The van der Waals surface area contributed by atoms with Crippen molar-refractivity contribution in [2.45, 2.75) is 27.7 Å². The van der Waals surface area contributed by atoms with E-state index in [4.69, 9.17) is 4.74 Å². The molecule has 0 saturated carbocycles. The minimum atomic E-state index is 0.0511. The largest absolute Gasteiger partial charge is 0.372 e. The molecule has 1 fully saturated rings. The second kappa shape index (κ2) is 9.83. The van der Waals surface area contributed by atoms with Crippen molar-refractivity contribution in [2.24, 2.45) is 11.8 Å². The minimum absolute atomic E-state index is 0.0511. The number of Topliss-reactive ketones (excluding diaryl/α,β-unsaturated/α-hetero) is 1. The van der Waals surface area contributed by atoms with Crippen LogP contribution >= 0.6 is 0 Å². The summed E-state index contributed by atoms with van der Waals surface area (Å²) in [4.78, 5) is 20.9. The van der Waals surface area contributed by atoms with E-state index in [2.05, 4.69) is 47.3 Å². The molecule has 1 saturated heterocycles. The van der Waals surface area contributed by atoms with Crippen LogP contribution < -0.4 is 4.90 Å². The third-order valence-corrected chi connectivity index (χ3v) is 4.95. The molecule has 5 heteroatoms. The number of rotatable bonds is 9. The van der Waals surface area contributed by atoms with Gasteiger partial charge in [-0.25, -0.2) is 4.98 Å². The predicted octanol–water partition coefficient (Wildman–Crippen LogP) is 3.11. The van der Waals surface area contributed by atoms with E-state index in [1.807, 2.05) is 20.0 Å².